The van der Waals surface area contributed by atoms with Gasteiger partial charge in [0.25, 0.3) is 0 Å². The molecule has 1 saturated heterocycles. The highest BCUT2D eigenvalue weighted by atomic mass is 32.2. The zero-order valence-electron chi connectivity index (χ0n) is 10.7. The summed E-state index contributed by atoms with van der Waals surface area (Å²) in [5, 5.41) is 4.11. The summed E-state index contributed by atoms with van der Waals surface area (Å²) in [6, 6.07) is 0.990. The summed E-state index contributed by atoms with van der Waals surface area (Å²) in [7, 11) is -2.61. The van der Waals surface area contributed by atoms with Crippen LogP contribution >= 0.6 is 11.3 Å². The fourth-order valence-corrected chi connectivity index (χ4v) is 4.47. The third kappa shape index (κ3) is 3.17. The Labute approximate surface area is 120 Å². The van der Waals surface area contributed by atoms with Crippen LogP contribution in [-0.4, -0.2) is 40.0 Å². The van der Waals surface area contributed by atoms with Crippen molar-refractivity contribution in [2.75, 3.05) is 13.7 Å². The Balaban J connectivity index is 2.17. The van der Waals surface area contributed by atoms with Gasteiger partial charge in [0.1, 0.15) is 9.77 Å². The van der Waals surface area contributed by atoms with Gasteiger partial charge in [0.05, 0.1) is 7.11 Å². The van der Waals surface area contributed by atoms with Crippen LogP contribution < -0.4 is 10.0 Å². The van der Waals surface area contributed by atoms with Crippen LogP contribution in [0, 0.1) is 0 Å². The smallest absolute Gasteiger partial charge is 0.349 e. The lowest BCUT2D eigenvalue weighted by atomic mass is 10.1. The molecule has 0 spiro atoms. The van der Waals surface area contributed by atoms with Crippen LogP contribution in [0.1, 0.15) is 22.5 Å². The van der Waals surface area contributed by atoms with Crippen LogP contribution in [0.15, 0.2) is 16.3 Å². The number of nitrogens with one attached hydrogen (secondary N) is 2. The van der Waals surface area contributed by atoms with Crippen molar-refractivity contribution in [1.82, 2.24) is 10.0 Å². The number of piperidine rings is 1. The van der Waals surface area contributed by atoms with Crippen molar-refractivity contribution in [1.29, 1.82) is 0 Å². The number of carbonyl (C=O) groups is 2. The molecule has 20 heavy (non-hydrogen) atoms. The first kappa shape index (κ1) is 14.9. The second kappa shape index (κ2) is 5.90. The third-order valence-corrected chi connectivity index (χ3v) is 5.46. The predicted octanol–water partition coefficient (Wildman–Crippen LogP) is 0.0916. The number of thiophene rings is 1. The first-order chi connectivity index (χ1) is 9.44. The Morgan fingerprint density at radius 3 is 2.90 bits per heavy atom. The normalized spacial score (nSPS) is 19.4. The van der Waals surface area contributed by atoms with Gasteiger partial charge in [-0.05, 0) is 17.9 Å². The Kier molecular flexibility index (Phi) is 4.41. The van der Waals surface area contributed by atoms with E-state index < -0.39 is 16.0 Å². The number of esters is 1. The highest BCUT2D eigenvalue weighted by molar-refractivity contribution is 7.89. The lowest BCUT2D eigenvalue weighted by molar-refractivity contribution is -0.122. The van der Waals surface area contributed by atoms with Gasteiger partial charge in [0.15, 0.2) is 0 Å². The molecule has 0 aromatic carbocycles. The number of sulfonamides is 1. The topological polar surface area (TPSA) is 102 Å². The highest BCUT2D eigenvalue weighted by Gasteiger charge is 2.28. The second-order valence-electron chi connectivity index (χ2n) is 4.27. The summed E-state index contributed by atoms with van der Waals surface area (Å²) >= 11 is 1.01. The fraction of sp³-hybridized carbons (Fsp3) is 0.455. The van der Waals surface area contributed by atoms with E-state index in [1.807, 2.05) is 0 Å². The number of carbonyl (C=O) groups excluding carboxylic acids is 2. The molecular formula is C11H14N2O5S2. The second-order valence-corrected chi connectivity index (χ2v) is 6.87. The van der Waals surface area contributed by atoms with Crippen LogP contribution in [0.3, 0.4) is 0 Å². The van der Waals surface area contributed by atoms with Gasteiger partial charge in [-0.3, -0.25) is 4.79 Å². The minimum Gasteiger partial charge on any atom is -0.465 e. The SMILES string of the molecule is COC(=O)c1sccc1S(=O)(=O)NC1CCC(=O)NC1. The maximum Gasteiger partial charge on any atom is 0.349 e. The number of hydrogen-bond acceptors (Lipinski definition) is 6. The highest BCUT2D eigenvalue weighted by Crippen LogP contribution is 2.23. The van der Waals surface area contributed by atoms with E-state index in [4.69, 9.17) is 0 Å². The van der Waals surface area contributed by atoms with Crippen molar-refractivity contribution >= 4 is 33.2 Å². The largest absolute Gasteiger partial charge is 0.465 e. The van der Waals surface area contributed by atoms with Gasteiger partial charge in [-0.15, -0.1) is 11.3 Å². The van der Waals surface area contributed by atoms with Crippen molar-refractivity contribution in [3.05, 3.63) is 16.3 Å². The molecule has 0 saturated carbocycles. The van der Waals surface area contributed by atoms with Crippen LogP contribution in [0.4, 0.5) is 0 Å². The quantitative estimate of drug-likeness (QED) is 0.766. The molecule has 1 amide bonds. The van der Waals surface area contributed by atoms with E-state index in [9.17, 15) is 18.0 Å². The van der Waals surface area contributed by atoms with Gasteiger partial charge >= 0.3 is 5.97 Å². The summed E-state index contributed by atoms with van der Waals surface area (Å²) in [5.41, 5.74) is 0. The molecule has 9 heteroatoms. The maximum atomic E-state index is 12.3. The van der Waals surface area contributed by atoms with Gasteiger partial charge in [-0.1, -0.05) is 0 Å². The van der Waals surface area contributed by atoms with Crippen molar-refractivity contribution in [2.45, 2.75) is 23.8 Å². The number of rotatable bonds is 4. The molecule has 7 nitrogen and oxygen atoms in total. The molecule has 1 aromatic rings. The average molecular weight is 318 g/mol. The Morgan fingerprint density at radius 1 is 1.55 bits per heavy atom. The molecule has 2 N–H and O–H groups in total. The van der Waals surface area contributed by atoms with E-state index in [0.29, 0.717) is 6.42 Å². The minimum absolute atomic E-state index is 0.0415. The standard InChI is InChI=1S/C11H14N2O5S2/c1-18-11(15)10-8(4-5-19-10)20(16,17)13-7-2-3-9(14)12-6-7/h4-5,7,13H,2-3,6H2,1H3,(H,12,14). The van der Waals surface area contributed by atoms with Crippen LogP contribution in [0.25, 0.3) is 0 Å². The van der Waals surface area contributed by atoms with Crippen molar-refractivity contribution in [3.63, 3.8) is 0 Å². The van der Waals surface area contributed by atoms with E-state index in [-0.39, 0.29) is 34.7 Å². The number of ether oxygens (including phenoxy) is 1. The average Bonchev–Trinajstić information content (AvgIpc) is 2.90. The van der Waals surface area contributed by atoms with Gasteiger partial charge < -0.3 is 10.1 Å². The van der Waals surface area contributed by atoms with Gasteiger partial charge in [0.2, 0.25) is 15.9 Å². The molecule has 1 aliphatic rings. The van der Waals surface area contributed by atoms with Crippen LogP contribution in [0.5, 0.6) is 0 Å². The van der Waals surface area contributed by atoms with Crippen LogP contribution in [-0.2, 0) is 19.6 Å². The summed E-state index contributed by atoms with van der Waals surface area (Å²) in [5.74, 6) is -0.774. The predicted molar refractivity (Wildman–Crippen MR) is 72.0 cm³/mol. The van der Waals surface area contributed by atoms with E-state index in [1.54, 1.807) is 0 Å². The molecule has 2 rings (SSSR count). The lowest BCUT2D eigenvalue weighted by Gasteiger charge is -2.23. The molecule has 0 bridgehead atoms. The van der Waals surface area contributed by atoms with Gasteiger partial charge in [0, 0.05) is 19.0 Å². The molecule has 1 aromatic heterocycles. The first-order valence-corrected chi connectivity index (χ1v) is 8.25. The summed E-state index contributed by atoms with van der Waals surface area (Å²) in [6.45, 7) is 0.246. The number of amides is 1. The fourth-order valence-electron chi connectivity index (χ4n) is 1.87. The molecular weight excluding hydrogens is 304 g/mol. The summed E-state index contributed by atoms with van der Waals surface area (Å²) in [6.07, 6.45) is 0.712. The molecule has 110 valence electrons. The first-order valence-electron chi connectivity index (χ1n) is 5.89. The molecule has 1 unspecified atom stereocenters. The molecule has 1 fully saturated rings. The van der Waals surface area contributed by atoms with E-state index >= 15 is 0 Å². The molecule has 2 heterocycles. The summed E-state index contributed by atoms with van der Waals surface area (Å²) in [4.78, 5) is 22.5. The zero-order chi connectivity index (χ0) is 14.8. The van der Waals surface area contributed by atoms with E-state index in [2.05, 4.69) is 14.8 Å². The Morgan fingerprint density at radius 2 is 2.30 bits per heavy atom. The zero-order valence-corrected chi connectivity index (χ0v) is 12.3. The molecule has 0 aliphatic carbocycles. The van der Waals surface area contributed by atoms with Crippen molar-refractivity contribution in [3.8, 4) is 0 Å². The van der Waals surface area contributed by atoms with Crippen LogP contribution in [0.2, 0.25) is 0 Å². The monoisotopic (exact) mass is 318 g/mol. The van der Waals surface area contributed by atoms with Gasteiger partial charge in [-0.2, -0.15) is 0 Å². The Bertz CT molecular complexity index is 613. The number of methoxy groups -OCH3 is 1. The van der Waals surface area contributed by atoms with Crippen molar-refractivity contribution < 1.29 is 22.7 Å². The van der Waals surface area contributed by atoms with Crippen molar-refractivity contribution in [2.24, 2.45) is 0 Å². The van der Waals surface area contributed by atoms with Gasteiger partial charge in [-0.25, -0.2) is 17.9 Å². The molecule has 1 aliphatic heterocycles. The third-order valence-electron chi connectivity index (χ3n) is 2.88. The van der Waals surface area contributed by atoms with E-state index in [0.717, 1.165) is 11.3 Å². The molecule has 1 atom stereocenters. The Hall–Kier alpha value is -1.45. The maximum absolute atomic E-state index is 12.3. The summed E-state index contributed by atoms with van der Waals surface area (Å²) < 4.78 is 31.6. The molecule has 0 radical (unpaired) electrons. The van der Waals surface area contributed by atoms with E-state index in [1.165, 1.54) is 18.6 Å². The number of hydrogen-bond donors (Lipinski definition) is 2. The lowest BCUT2D eigenvalue weighted by Crippen LogP contribution is -2.47. The minimum atomic E-state index is -3.81.